The number of ether oxygens (including phenoxy) is 3. The van der Waals surface area contributed by atoms with Gasteiger partial charge in [-0.15, -0.1) is 0 Å². The molecule has 0 radical (unpaired) electrons. The van der Waals surface area contributed by atoms with Gasteiger partial charge in [-0.2, -0.15) is 0 Å². The van der Waals surface area contributed by atoms with Crippen LogP contribution in [-0.4, -0.2) is 75.0 Å². The maximum absolute atomic E-state index is 15.3. The standard InChI is InChI=1S/C29H42FN3O6/c1-20(37-2)39-16-15-38-14-13-33-19-24(29(35)36)28(34)23-17-25(30)27(18-26(23)33)32-11-7-22(8-12-32)4-3-21-5-9-31-10-6-21/h17-22,31H,3-16H2,1-2H3,(H,35,36). The molecule has 0 aliphatic carbocycles. The van der Waals surface area contributed by atoms with E-state index in [1.54, 1.807) is 24.7 Å². The number of hydrogen-bond donors (Lipinski definition) is 2. The fourth-order valence-corrected chi connectivity index (χ4v) is 5.69. The lowest BCUT2D eigenvalue weighted by Crippen LogP contribution is -2.35. The predicted octanol–water partition coefficient (Wildman–Crippen LogP) is 3.86. The molecule has 0 bridgehead atoms. The van der Waals surface area contributed by atoms with E-state index in [1.807, 2.05) is 0 Å². The summed E-state index contributed by atoms with van der Waals surface area (Å²) in [6, 6.07) is 2.89. The molecular formula is C29H42FN3O6. The minimum atomic E-state index is -1.34. The highest BCUT2D eigenvalue weighted by Crippen LogP contribution is 2.32. The average Bonchev–Trinajstić information content (AvgIpc) is 2.95. The van der Waals surface area contributed by atoms with Gasteiger partial charge in [-0.1, -0.05) is 12.8 Å². The number of carbonyl (C=O) groups is 1. The number of pyridine rings is 1. The van der Waals surface area contributed by atoms with Crippen molar-refractivity contribution in [1.82, 2.24) is 9.88 Å². The van der Waals surface area contributed by atoms with Crippen LogP contribution in [0.3, 0.4) is 0 Å². The van der Waals surface area contributed by atoms with E-state index in [4.69, 9.17) is 14.2 Å². The molecule has 216 valence electrons. The van der Waals surface area contributed by atoms with Gasteiger partial charge in [0.25, 0.3) is 0 Å². The first kappa shape index (κ1) is 29.5. The van der Waals surface area contributed by atoms with Crippen molar-refractivity contribution in [2.75, 3.05) is 58.0 Å². The maximum Gasteiger partial charge on any atom is 0.341 e. The number of fused-ring (bicyclic) bond motifs is 1. The molecule has 2 aliphatic rings. The van der Waals surface area contributed by atoms with Crippen LogP contribution in [0.1, 0.15) is 55.8 Å². The van der Waals surface area contributed by atoms with Crippen LogP contribution in [0.4, 0.5) is 10.1 Å². The Morgan fingerprint density at radius 3 is 2.46 bits per heavy atom. The van der Waals surface area contributed by atoms with Crippen LogP contribution in [0.15, 0.2) is 23.1 Å². The van der Waals surface area contributed by atoms with E-state index in [9.17, 15) is 14.7 Å². The zero-order chi connectivity index (χ0) is 27.8. The Balaban J connectivity index is 1.44. The summed E-state index contributed by atoms with van der Waals surface area (Å²) in [7, 11) is 1.56. The van der Waals surface area contributed by atoms with Crippen molar-refractivity contribution in [3.05, 3.63) is 39.9 Å². The van der Waals surface area contributed by atoms with Crippen molar-refractivity contribution in [3.8, 4) is 0 Å². The normalized spacial score (nSPS) is 18.1. The molecule has 1 aromatic carbocycles. The van der Waals surface area contributed by atoms with E-state index in [1.165, 1.54) is 37.9 Å². The summed E-state index contributed by atoms with van der Waals surface area (Å²) < 4.78 is 33.1. The van der Waals surface area contributed by atoms with E-state index in [0.717, 1.165) is 44.9 Å². The van der Waals surface area contributed by atoms with E-state index >= 15 is 4.39 Å². The Bertz CT molecular complexity index is 1160. The van der Waals surface area contributed by atoms with Crippen molar-refractivity contribution < 1.29 is 28.5 Å². The van der Waals surface area contributed by atoms with E-state index < -0.39 is 17.2 Å². The van der Waals surface area contributed by atoms with Gasteiger partial charge in [0.05, 0.1) is 31.0 Å². The molecule has 39 heavy (non-hydrogen) atoms. The zero-order valence-electron chi connectivity index (χ0n) is 23.1. The molecule has 2 fully saturated rings. The lowest BCUT2D eigenvalue weighted by atomic mass is 9.85. The smallest absolute Gasteiger partial charge is 0.341 e. The van der Waals surface area contributed by atoms with Crippen LogP contribution in [0.25, 0.3) is 10.9 Å². The summed E-state index contributed by atoms with van der Waals surface area (Å²) in [6.45, 7) is 6.83. The molecule has 0 spiro atoms. The third-order valence-electron chi connectivity index (χ3n) is 8.16. The summed E-state index contributed by atoms with van der Waals surface area (Å²) in [5.41, 5.74) is -0.110. The number of rotatable bonds is 13. The molecule has 4 rings (SSSR count). The van der Waals surface area contributed by atoms with Crippen LogP contribution in [0, 0.1) is 17.7 Å². The molecule has 10 heteroatoms. The summed E-state index contributed by atoms with van der Waals surface area (Å²) in [5.74, 6) is -0.360. The summed E-state index contributed by atoms with van der Waals surface area (Å²) >= 11 is 0. The number of aromatic carboxylic acids is 1. The molecule has 0 saturated carbocycles. The first-order valence-electron chi connectivity index (χ1n) is 14.1. The summed E-state index contributed by atoms with van der Waals surface area (Å²) in [5, 5.41) is 13.1. The maximum atomic E-state index is 15.3. The second kappa shape index (κ2) is 14.2. The Labute approximate surface area is 229 Å². The number of halogens is 1. The molecule has 1 unspecified atom stereocenters. The lowest BCUT2D eigenvalue weighted by molar-refractivity contribution is -0.121. The van der Waals surface area contributed by atoms with Gasteiger partial charge < -0.3 is 34.1 Å². The van der Waals surface area contributed by atoms with Crippen molar-refractivity contribution in [1.29, 1.82) is 0 Å². The van der Waals surface area contributed by atoms with Crippen LogP contribution < -0.4 is 15.6 Å². The predicted molar refractivity (Wildman–Crippen MR) is 148 cm³/mol. The van der Waals surface area contributed by atoms with E-state index in [0.29, 0.717) is 36.9 Å². The second-order valence-electron chi connectivity index (χ2n) is 10.7. The topological polar surface area (TPSA) is 102 Å². The number of methoxy groups -OCH3 is 1. The number of benzene rings is 1. The number of carboxylic acids is 1. The first-order chi connectivity index (χ1) is 18.9. The van der Waals surface area contributed by atoms with Gasteiger partial charge in [0.1, 0.15) is 11.4 Å². The number of carboxylic acid groups (broad SMARTS) is 1. The van der Waals surface area contributed by atoms with Gasteiger partial charge in [0, 0.05) is 38.3 Å². The quantitative estimate of drug-likeness (QED) is 0.288. The van der Waals surface area contributed by atoms with Gasteiger partial charge in [-0.3, -0.25) is 4.79 Å². The van der Waals surface area contributed by atoms with Crippen LogP contribution >= 0.6 is 0 Å². The second-order valence-corrected chi connectivity index (χ2v) is 10.7. The summed E-state index contributed by atoms with van der Waals surface area (Å²) in [4.78, 5) is 26.7. The Hall–Kier alpha value is -2.53. The molecule has 1 aromatic heterocycles. The number of piperidine rings is 2. The zero-order valence-corrected chi connectivity index (χ0v) is 23.1. The molecule has 9 nitrogen and oxygen atoms in total. The van der Waals surface area contributed by atoms with Gasteiger partial charge in [0.15, 0.2) is 6.29 Å². The van der Waals surface area contributed by atoms with Gasteiger partial charge in [-0.25, -0.2) is 9.18 Å². The largest absolute Gasteiger partial charge is 0.477 e. The number of hydrogen-bond acceptors (Lipinski definition) is 7. The molecule has 2 aliphatic heterocycles. The molecular weight excluding hydrogens is 505 g/mol. The first-order valence-corrected chi connectivity index (χ1v) is 14.1. The molecule has 2 N–H and O–H groups in total. The summed E-state index contributed by atoms with van der Waals surface area (Å²) in [6.07, 6.45) is 8.06. The van der Waals surface area contributed by atoms with Crippen molar-refractivity contribution >= 4 is 22.6 Å². The average molecular weight is 548 g/mol. The van der Waals surface area contributed by atoms with Gasteiger partial charge in [-0.05, 0) is 69.7 Å². The van der Waals surface area contributed by atoms with Crippen molar-refractivity contribution in [2.45, 2.75) is 58.3 Å². The Morgan fingerprint density at radius 1 is 1.10 bits per heavy atom. The number of anilines is 1. The molecule has 1 atom stereocenters. The molecule has 2 saturated heterocycles. The number of nitrogens with one attached hydrogen (secondary N) is 1. The molecule has 3 heterocycles. The molecule has 0 amide bonds. The number of aromatic nitrogens is 1. The van der Waals surface area contributed by atoms with E-state index in [-0.39, 0.29) is 23.8 Å². The van der Waals surface area contributed by atoms with Crippen molar-refractivity contribution in [3.63, 3.8) is 0 Å². The van der Waals surface area contributed by atoms with Crippen LogP contribution in [0.5, 0.6) is 0 Å². The highest BCUT2D eigenvalue weighted by Gasteiger charge is 2.24. The third-order valence-corrected chi connectivity index (χ3v) is 8.16. The van der Waals surface area contributed by atoms with E-state index in [2.05, 4.69) is 10.2 Å². The Kier molecular flexibility index (Phi) is 10.7. The Morgan fingerprint density at radius 2 is 1.79 bits per heavy atom. The van der Waals surface area contributed by atoms with Crippen LogP contribution in [0.2, 0.25) is 0 Å². The minimum absolute atomic E-state index is 0.0604. The highest BCUT2D eigenvalue weighted by molar-refractivity contribution is 5.93. The number of nitrogens with zero attached hydrogens (tertiary/aromatic N) is 2. The fourth-order valence-electron chi connectivity index (χ4n) is 5.69. The van der Waals surface area contributed by atoms with Crippen LogP contribution in [-0.2, 0) is 20.8 Å². The lowest BCUT2D eigenvalue weighted by Gasteiger charge is -2.35. The minimum Gasteiger partial charge on any atom is -0.477 e. The highest BCUT2D eigenvalue weighted by atomic mass is 19.1. The SMILES string of the molecule is COC(C)OCCOCCn1cc(C(=O)O)c(=O)c2cc(F)c(N3CCC(CCC4CCNCC4)CC3)cc21. The van der Waals surface area contributed by atoms with Crippen molar-refractivity contribution in [2.24, 2.45) is 11.8 Å². The molecule has 2 aromatic rings. The third kappa shape index (κ3) is 7.78. The fraction of sp³-hybridized carbons (Fsp3) is 0.655. The monoisotopic (exact) mass is 547 g/mol. The van der Waals surface area contributed by atoms with Gasteiger partial charge >= 0.3 is 5.97 Å². The van der Waals surface area contributed by atoms with Gasteiger partial charge in [0.2, 0.25) is 5.43 Å².